The molecule has 250 valence electrons. The first-order valence-electron chi connectivity index (χ1n) is 17.1. The van der Waals surface area contributed by atoms with Crippen molar-refractivity contribution in [2.24, 2.45) is 5.92 Å². The van der Waals surface area contributed by atoms with E-state index in [0.29, 0.717) is 55.1 Å². The maximum Gasteiger partial charge on any atom is 0.328 e. The summed E-state index contributed by atoms with van der Waals surface area (Å²) in [6.45, 7) is 1.06. The number of rotatable bonds is 16. The van der Waals surface area contributed by atoms with Crippen LogP contribution in [0.25, 0.3) is 0 Å². The van der Waals surface area contributed by atoms with Crippen molar-refractivity contribution in [2.75, 3.05) is 30.5 Å². The average molecular weight is 647 g/mol. The number of para-hydroxylation sites is 2. The number of anilines is 2. The van der Waals surface area contributed by atoms with Gasteiger partial charge in [0.25, 0.3) is 0 Å². The molecule has 1 fully saturated rings. The van der Waals surface area contributed by atoms with Gasteiger partial charge in [0.15, 0.2) is 5.78 Å². The van der Waals surface area contributed by atoms with Crippen LogP contribution in [0, 0.1) is 5.92 Å². The van der Waals surface area contributed by atoms with Crippen LogP contribution in [0.1, 0.15) is 72.9 Å². The van der Waals surface area contributed by atoms with Gasteiger partial charge < -0.3 is 19.7 Å². The van der Waals surface area contributed by atoms with Crippen molar-refractivity contribution in [3.63, 3.8) is 0 Å². The number of amides is 1. The zero-order chi connectivity index (χ0) is 33.6. The standard InChI is InChI=1S/C41H46N2O5/c1-47-41(46)38(42-37-21-12-11-20-36(37)40(45)33-16-7-3-8-17-33)30-32-22-25-35(26-23-32)48-29-13-28-43(34-18-9-4-10-19-34)39(44)27-24-31-14-5-2-6-15-31/h3-4,7-12,16-23,25-26,31,38,42H,2,5-6,13-15,24,27-30H2,1H3. The molecule has 48 heavy (non-hydrogen) atoms. The smallest absolute Gasteiger partial charge is 0.328 e. The van der Waals surface area contributed by atoms with Gasteiger partial charge in [0, 0.05) is 41.9 Å². The molecule has 4 aromatic carbocycles. The number of hydrogen-bond donors (Lipinski definition) is 1. The number of nitrogens with one attached hydrogen (secondary N) is 1. The van der Waals surface area contributed by atoms with Gasteiger partial charge in [0.2, 0.25) is 5.91 Å². The topological polar surface area (TPSA) is 84.9 Å². The van der Waals surface area contributed by atoms with E-state index >= 15 is 0 Å². The lowest BCUT2D eigenvalue weighted by Crippen LogP contribution is -2.33. The molecule has 1 unspecified atom stereocenters. The predicted octanol–water partition coefficient (Wildman–Crippen LogP) is 8.28. The Morgan fingerprint density at radius 3 is 2.19 bits per heavy atom. The van der Waals surface area contributed by atoms with Crippen LogP contribution in [0.15, 0.2) is 109 Å². The summed E-state index contributed by atoms with van der Waals surface area (Å²) in [6, 6.07) is 33.1. The Kier molecular flexibility index (Phi) is 12.8. The number of hydrogen-bond acceptors (Lipinski definition) is 6. The van der Waals surface area contributed by atoms with E-state index in [4.69, 9.17) is 9.47 Å². The first-order chi connectivity index (χ1) is 23.5. The van der Waals surface area contributed by atoms with Gasteiger partial charge in [-0.3, -0.25) is 9.59 Å². The van der Waals surface area contributed by atoms with Gasteiger partial charge >= 0.3 is 5.97 Å². The molecular weight excluding hydrogens is 600 g/mol. The molecule has 1 N–H and O–H groups in total. The minimum absolute atomic E-state index is 0.125. The summed E-state index contributed by atoms with van der Waals surface area (Å²) >= 11 is 0. The highest BCUT2D eigenvalue weighted by Gasteiger charge is 2.23. The zero-order valence-corrected chi connectivity index (χ0v) is 27.8. The van der Waals surface area contributed by atoms with Crippen molar-refractivity contribution >= 4 is 29.0 Å². The van der Waals surface area contributed by atoms with E-state index < -0.39 is 12.0 Å². The molecule has 0 heterocycles. The van der Waals surface area contributed by atoms with Crippen molar-refractivity contribution in [3.8, 4) is 5.75 Å². The maximum absolute atomic E-state index is 13.3. The summed E-state index contributed by atoms with van der Waals surface area (Å²) < 4.78 is 11.2. The van der Waals surface area contributed by atoms with E-state index in [1.54, 1.807) is 24.3 Å². The van der Waals surface area contributed by atoms with Crippen molar-refractivity contribution in [1.82, 2.24) is 0 Å². The molecule has 1 aliphatic carbocycles. The van der Waals surface area contributed by atoms with Gasteiger partial charge in [-0.2, -0.15) is 0 Å². The fourth-order valence-corrected chi connectivity index (χ4v) is 6.39. The highest BCUT2D eigenvalue weighted by molar-refractivity contribution is 6.12. The molecule has 1 aliphatic rings. The molecule has 0 aliphatic heterocycles. The summed E-state index contributed by atoms with van der Waals surface area (Å²) in [7, 11) is 1.36. The fraction of sp³-hybridized carbons (Fsp3) is 0.341. The summed E-state index contributed by atoms with van der Waals surface area (Å²) in [4.78, 5) is 41.3. The van der Waals surface area contributed by atoms with E-state index in [0.717, 1.165) is 23.4 Å². The quantitative estimate of drug-likeness (QED) is 0.0749. The number of benzene rings is 4. The number of carbonyl (C=O) groups excluding carboxylic acids is 3. The summed E-state index contributed by atoms with van der Waals surface area (Å²) in [5, 5.41) is 3.26. The highest BCUT2D eigenvalue weighted by Crippen LogP contribution is 2.28. The van der Waals surface area contributed by atoms with Crippen LogP contribution in [-0.4, -0.2) is 44.0 Å². The minimum atomic E-state index is -0.703. The van der Waals surface area contributed by atoms with Crippen LogP contribution in [0.2, 0.25) is 0 Å². The van der Waals surface area contributed by atoms with E-state index in [1.807, 2.05) is 89.8 Å². The Hall–Kier alpha value is -4.91. The first-order valence-corrected chi connectivity index (χ1v) is 17.1. The van der Waals surface area contributed by atoms with Crippen molar-refractivity contribution in [2.45, 2.75) is 63.8 Å². The molecule has 1 saturated carbocycles. The normalized spacial score (nSPS) is 13.7. The summed E-state index contributed by atoms with van der Waals surface area (Å²) in [6.07, 6.45) is 8.99. The molecule has 4 aromatic rings. The van der Waals surface area contributed by atoms with E-state index in [-0.39, 0.29) is 11.7 Å². The molecule has 7 heteroatoms. The fourth-order valence-electron chi connectivity index (χ4n) is 6.39. The Balaban J connectivity index is 1.15. The number of ether oxygens (including phenoxy) is 2. The number of nitrogens with zero attached hydrogens (tertiary/aromatic N) is 1. The largest absolute Gasteiger partial charge is 0.494 e. The third kappa shape index (κ3) is 9.80. The lowest BCUT2D eigenvalue weighted by atomic mass is 9.86. The third-order valence-corrected chi connectivity index (χ3v) is 9.04. The van der Waals surface area contributed by atoms with Crippen LogP contribution in [0.3, 0.4) is 0 Å². The number of methoxy groups -OCH3 is 1. The van der Waals surface area contributed by atoms with Crippen LogP contribution >= 0.6 is 0 Å². The van der Waals surface area contributed by atoms with Gasteiger partial charge in [0.1, 0.15) is 11.8 Å². The first kappa shape index (κ1) is 34.4. The van der Waals surface area contributed by atoms with Gasteiger partial charge in [-0.1, -0.05) is 105 Å². The van der Waals surface area contributed by atoms with Gasteiger partial charge in [-0.25, -0.2) is 4.79 Å². The maximum atomic E-state index is 13.3. The van der Waals surface area contributed by atoms with Crippen molar-refractivity contribution < 1.29 is 23.9 Å². The third-order valence-electron chi connectivity index (χ3n) is 9.04. The number of esters is 1. The Morgan fingerprint density at radius 2 is 1.48 bits per heavy atom. The molecule has 0 aromatic heterocycles. The molecule has 1 amide bonds. The molecule has 1 atom stereocenters. The van der Waals surface area contributed by atoms with Crippen molar-refractivity contribution in [1.29, 1.82) is 0 Å². The molecule has 0 radical (unpaired) electrons. The second kappa shape index (κ2) is 17.9. The second-order valence-electron chi connectivity index (χ2n) is 12.4. The Labute approximate surface area is 284 Å². The SMILES string of the molecule is COC(=O)C(Cc1ccc(OCCCN(C(=O)CCC2CCCCC2)c2ccccc2)cc1)Nc1ccccc1C(=O)c1ccccc1. The van der Waals surface area contributed by atoms with E-state index in [9.17, 15) is 14.4 Å². The van der Waals surface area contributed by atoms with E-state index in [2.05, 4.69) is 5.32 Å². The van der Waals surface area contributed by atoms with Crippen LogP contribution in [-0.2, 0) is 20.7 Å². The zero-order valence-electron chi connectivity index (χ0n) is 27.8. The lowest BCUT2D eigenvalue weighted by Gasteiger charge is -2.25. The lowest BCUT2D eigenvalue weighted by molar-refractivity contribution is -0.141. The number of ketones is 1. The monoisotopic (exact) mass is 646 g/mol. The van der Waals surface area contributed by atoms with Crippen LogP contribution in [0.5, 0.6) is 5.75 Å². The minimum Gasteiger partial charge on any atom is -0.494 e. The number of carbonyl (C=O) groups is 3. The molecule has 0 spiro atoms. The predicted molar refractivity (Wildman–Crippen MR) is 191 cm³/mol. The van der Waals surface area contributed by atoms with Gasteiger partial charge in [-0.05, 0) is 60.7 Å². The van der Waals surface area contributed by atoms with Crippen molar-refractivity contribution in [3.05, 3.63) is 126 Å². The molecule has 0 bridgehead atoms. The van der Waals surface area contributed by atoms with Crippen LogP contribution in [0.4, 0.5) is 11.4 Å². The van der Waals surface area contributed by atoms with E-state index in [1.165, 1.54) is 39.2 Å². The highest BCUT2D eigenvalue weighted by atomic mass is 16.5. The summed E-state index contributed by atoms with van der Waals surface area (Å²) in [5.41, 5.74) is 3.47. The molecular formula is C41H46N2O5. The second-order valence-corrected chi connectivity index (χ2v) is 12.4. The molecule has 0 saturated heterocycles. The molecule has 5 rings (SSSR count). The Morgan fingerprint density at radius 1 is 0.812 bits per heavy atom. The molecule has 7 nitrogen and oxygen atoms in total. The van der Waals surface area contributed by atoms with Gasteiger partial charge in [-0.15, -0.1) is 0 Å². The average Bonchev–Trinajstić information content (AvgIpc) is 3.15. The van der Waals surface area contributed by atoms with Gasteiger partial charge in [0.05, 0.1) is 13.7 Å². The van der Waals surface area contributed by atoms with Crippen LogP contribution < -0.4 is 15.0 Å². The Bertz CT molecular complexity index is 1600. The summed E-state index contributed by atoms with van der Waals surface area (Å²) in [5.74, 6) is 1.02.